The standard InChI is InChI=1S/C24H28N2O3/c1-16-5-3-4-6-20(16)24(28)26-14-21(18-9-11-19(29-2)12-10-18)22(15-26)23(27)25-13-17-7-8-17/h3-6,9-12,17,21-22H,7-8,13-15H2,1-2H3,(H,25,27). The highest BCUT2D eigenvalue weighted by Gasteiger charge is 2.41. The fourth-order valence-electron chi connectivity index (χ4n) is 4.11. The average Bonchev–Trinajstić information content (AvgIpc) is 3.47. The Hall–Kier alpha value is -2.82. The molecule has 0 aromatic heterocycles. The first-order valence-electron chi connectivity index (χ1n) is 10.3. The first-order valence-corrected chi connectivity index (χ1v) is 10.3. The van der Waals surface area contributed by atoms with E-state index in [2.05, 4.69) is 5.32 Å². The van der Waals surface area contributed by atoms with Crippen LogP contribution in [0.2, 0.25) is 0 Å². The van der Waals surface area contributed by atoms with Crippen molar-refractivity contribution in [3.05, 3.63) is 65.2 Å². The van der Waals surface area contributed by atoms with Crippen LogP contribution in [-0.4, -0.2) is 43.5 Å². The molecular formula is C24H28N2O3. The zero-order chi connectivity index (χ0) is 20.4. The van der Waals surface area contributed by atoms with Gasteiger partial charge < -0.3 is 15.0 Å². The molecule has 2 amide bonds. The molecule has 4 rings (SSSR count). The maximum atomic E-state index is 13.2. The summed E-state index contributed by atoms with van der Waals surface area (Å²) in [5.41, 5.74) is 2.73. The van der Waals surface area contributed by atoms with Gasteiger partial charge in [-0.15, -0.1) is 0 Å². The molecule has 2 unspecified atom stereocenters. The number of hydrogen-bond donors (Lipinski definition) is 1. The van der Waals surface area contributed by atoms with Crippen molar-refractivity contribution in [3.63, 3.8) is 0 Å². The quantitative estimate of drug-likeness (QED) is 0.820. The smallest absolute Gasteiger partial charge is 0.254 e. The molecule has 0 bridgehead atoms. The number of ether oxygens (including phenoxy) is 1. The molecule has 152 valence electrons. The first kappa shape index (κ1) is 19.5. The zero-order valence-electron chi connectivity index (χ0n) is 17.1. The monoisotopic (exact) mass is 392 g/mol. The maximum Gasteiger partial charge on any atom is 0.254 e. The zero-order valence-corrected chi connectivity index (χ0v) is 17.1. The van der Waals surface area contributed by atoms with Crippen molar-refractivity contribution < 1.29 is 14.3 Å². The minimum atomic E-state index is -0.241. The molecule has 2 aromatic rings. The van der Waals surface area contributed by atoms with Crippen molar-refractivity contribution in [1.29, 1.82) is 0 Å². The van der Waals surface area contributed by atoms with Crippen molar-refractivity contribution in [2.45, 2.75) is 25.7 Å². The van der Waals surface area contributed by atoms with Gasteiger partial charge in [-0.1, -0.05) is 30.3 Å². The molecule has 5 heteroatoms. The highest BCUT2D eigenvalue weighted by molar-refractivity contribution is 5.96. The van der Waals surface area contributed by atoms with Crippen LogP contribution in [0.25, 0.3) is 0 Å². The van der Waals surface area contributed by atoms with Gasteiger partial charge in [-0.25, -0.2) is 0 Å². The number of nitrogens with one attached hydrogen (secondary N) is 1. The van der Waals surface area contributed by atoms with Gasteiger partial charge in [0.15, 0.2) is 0 Å². The molecule has 2 aromatic carbocycles. The van der Waals surface area contributed by atoms with Crippen LogP contribution in [0, 0.1) is 18.8 Å². The lowest BCUT2D eigenvalue weighted by Crippen LogP contribution is -2.36. The lowest BCUT2D eigenvalue weighted by Gasteiger charge is -2.18. The summed E-state index contributed by atoms with van der Waals surface area (Å²) in [6.07, 6.45) is 2.40. The van der Waals surface area contributed by atoms with Crippen LogP contribution >= 0.6 is 0 Å². The molecule has 0 radical (unpaired) electrons. The summed E-state index contributed by atoms with van der Waals surface area (Å²) < 4.78 is 5.26. The van der Waals surface area contributed by atoms with E-state index in [1.165, 1.54) is 12.8 Å². The molecule has 1 N–H and O–H groups in total. The fourth-order valence-corrected chi connectivity index (χ4v) is 4.11. The van der Waals surface area contributed by atoms with Crippen molar-refractivity contribution >= 4 is 11.8 Å². The Kier molecular flexibility index (Phi) is 5.56. The van der Waals surface area contributed by atoms with Crippen molar-refractivity contribution in [3.8, 4) is 5.75 Å². The van der Waals surface area contributed by atoms with E-state index in [1.54, 1.807) is 7.11 Å². The van der Waals surface area contributed by atoms with E-state index >= 15 is 0 Å². The summed E-state index contributed by atoms with van der Waals surface area (Å²) in [6.45, 7) is 3.68. The summed E-state index contributed by atoms with van der Waals surface area (Å²) in [4.78, 5) is 28.0. The molecule has 2 fully saturated rings. The van der Waals surface area contributed by atoms with Crippen LogP contribution in [0.1, 0.15) is 40.2 Å². The predicted molar refractivity (Wildman–Crippen MR) is 112 cm³/mol. The Labute approximate surface area is 172 Å². The molecule has 1 aliphatic carbocycles. The highest BCUT2D eigenvalue weighted by Crippen LogP contribution is 2.35. The van der Waals surface area contributed by atoms with Crippen LogP contribution in [0.15, 0.2) is 48.5 Å². The minimum Gasteiger partial charge on any atom is -0.497 e. The molecule has 0 spiro atoms. The third-order valence-electron chi connectivity index (χ3n) is 6.13. The van der Waals surface area contributed by atoms with Gasteiger partial charge in [0.2, 0.25) is 5.91 Å². The molecule has 29 heavy (non-hydrogen) atoms. The number of amides is 2. The third-order valence-corrected chi connectivity index (χ3v) is 6.13. The molecular weight excluding hydrogens is 364 g/mol. The lowest BCUT2D eigenvalue weighted by molar-refractivity contribution is -0.125. The van der Waals surface area contributed by atoms with Gasteiger partial charge >= 0.3 is 0 Å². The fraction of sp³-hybridized carbons (Fsp3) is 0.417. The van der Waals surface area contributed by atoms with Crippen LogP contribution in [0.4, 0.5) is 0 Å². The minimum absolute atomic E-state index is 0.000829. The largest absolute Gasteiger partial charge is 0.497 e. The van der Waals surface area contributed by atoms with E-state index in [0.29, 0.717) is 24.6 Å². The number of likely N-dealkylation sites (tertiary alicyclic amines) is 1. The SMILES string of the molecule is COc1ccc(C2CN(C(=O)c3ccccc3C)CC2C(=O)NCC2CC2)cc1. The molecule has 1 saturated heterocycles. The van der Waals surface area contributed by atoms with Gasteiger partial charge in [0.25, 0.3) is 5.91 Å². The molecule has 2 atom stereocenters. The van der Waals surface area contributed by atoms with Crippen LogP contribution < -0.4 is 10.1 Å². The molecule has 1 heterocycles. The Morgan fingerprint density at radius 1 is 1.07 bits per heavy atom. The highest BCUT2D eigenvalue weighted by atomic mass is 16.5. The van der Waals surface area contributed by atoms with Crippen molar-refractivity contribution in [2.75, 3.05) is 26.7 Å². The molecule has 2 aliphatic rings. The number of carbonyl (C=O) groups excluding carboxylic acids is 2. The van der Waals surface area contributed by atoms with E-state index in [-0.39, 0.29) is 23.7 Å². The Morgan fingerprint density at radius 3 is 2.45 bits per heavy atom. The topological polar surface area (TPSA) is 58.6 Å². The van der Waals surface area contributed by atoms with E-state index < -0.39 is 0 Å². The Bertz CT molecular complexity index is 889. The predicted octanol–water partition coefficient (Wildman–Crippen LogP) is 3.39. The van der Waals surface area contributed by atoms with Gasteiger partial charge in [0, 0.05) is 31.1 Å². The van der Waals surface area contributed by atoms with Gasteiger partial charge in [0.1, 0.15) is 5.75 Å². The van der Waals surface area contributed by atoms with Gasteiger partial charge in [-0.3, -0.25) is 9.59 Å². The number of nitrogens with zero attached hydrogens (tertiary/aromatic N) is 1. The van der Waals surface area contributed by atoms with Gasteiger partial charge in [0.05, 0.1) is 13.0 Å². The third kappa shape index (κ3) is 4.29. The van der Waals surface area contributed by atoms with E-state index in [1.807, 2.05) is 60.4 Å². The van der Waals surface area contributed by atoms with Crippen LogP contribution in [0.3, 0.4) is 0 Å². The average molecular weight is 392 g/mol. The molecule has 1 saturated carbocycles. The number of aryl methyl sites for hydroxylation is 1. The molecule has 1 aliphatic heterocycles. The van der Waals surface area contributed by atoms with Gasteiger partial charge in [-0.2, -0.15) is 0 Å². The molecule has 5 nitrogen and oxygen atoms in total. The van der Waals surface area contributed by atoms with Crippen molar-refractivity contribution in [1.82, 2.24) is 10.2 Å². The van der Waals surface area contributed by atoms with Crippen LogP contribution in [0.5, 0.6) is 5.75 Å². The normalized spacial score (nSPS) is 21.1. The number of rotatable bonds is 6. The Morgan fingerprint density at radius 2 is 1.79 bits per heavy atom. The summed E-state index contributed by atoms with van der Waals surface area (Å²) in [5, 5.41) is 3.12. The van der Waals surface area contributed by atoms with Gasteiger partial charge in [-0.05, 0) is 55.0 Å². The summed E-state index contributed by atoms with van der Waals surface area (Å²) in [7, 11) is 1.64. The number of benzene rings is 2. The van der Waals surface area contributed by atoms with E-state index in [0.717, 1.165) is 23.4 Å². The Balaban J connectivity index is 1.56. The summed E-state index contributed by atoms with van der Waals surface area (Å²) in [6, 6.07) is 15.5. The van der Waals surface area contributed by atoms with Crippen LogP contribution in [-0.2, 0) is 4.79 Å². The second-order valence-corrected chi connectivity index (χ2v) is 8.20. The van der Waals surface area contributed by atoms with E-state index in [4.69, 9.17) is 4.74 Å². The second kappa shape index (κ2) is 8.27. The number of carbonyl (C=O) groups is 2. The van der Waals surface area contributed by atoms with Crippen molar-refractivity contribution in [2.24, 2.45) is 11.8 Å². The summed E-state index contributed by atoms with van der Waals surface area (Å²) >= 11 is 0. The second-order valence-electron chi connectivity index (χ2n) is 8.20. The summed E-state index contributed by atoms with van der Waals surface area (Å²) in [5.74, 6) is 1.21. The first-order chi connectivity index (χ1) is 14.1. The number of hydrogen-bond acceptors (Lipinski definition) is 3. The van der Waals surface area contributed by atoms with E-state index in [9.17, 15) is 9.59 Å². The number of methoxy groups -OCH3 is 1. The lowest BCUT2D eigenvalue weighted by atomic mass is 9.88. The maximum absolute atomic E-state index is 13.2.